The van der Waals surface area contributed by atoms with E-state index in [0.29, 0.717) is 5.69 Å². The average molecular weight is 428 g/mol. The monoisotopic (exact) mass is 427 g/mol. The minimum atomic E-state index is -0.602. The van der Waals surface area contributed by atoms with Gasteiger partial charge in [-0.25, -0.2) is 0 Å². The summed E-state index contributed by atoms with van der Waals surface area (Å²) in [5.74, 6) is -1.81. The van der Waals surface area contributed by atoms with E-state index in [9.17, 15) is 19.2 Å². The summed E-state index contributed by atoms with van der Waals surface area (Å²) in [6.45, 7) is 1.72. The minimum Gasteiger partial charge on any atom is -0.456 e. The van der Waals surface area contributed by atoms with Crippen LogP contribution in [0.25, 0.3) is 0 Å². The van der Waals surface area contributed by atoms with Crippen LogP contribution in [0.5, 0.6) is 0 Å². The number of imide groups is 1. The minimum absolute atomic E-state index is 0.0169. The lowest BCUT2D eigenvalue weighted by Gasteiger charge is -2.19. The van der Waals surface area contributed by atoms with Crippen molar-refractivity contribution in [3.05, 3.63) is 24.3 Å². The molecule has 1 saturated carbocycles. The molecular weight excluding hydrogens is 398 g/mol. The predicted molar refractivity (Wildman–Crippen MR) is 114 cm³/mol. The number of likely N-dealkylation sites (tertiary alicyclic amines) is 1. The van der Waals surface area contributed by atoms with Crippen LogP contribution in [0.3, 0.4) is 0 Å². The van der Waals surface area contributed by atoms with Gasteiger partial charge in [0.05, 0.1) is 18.3 Å². The highest BCUT2D eigenvalue weighted by Crippen LogP contribution is 2.38. The number of ether oxygens (including phenoxy) is 1. The fourth-order valence-electron chi connectivity index (χ4n) is 4.80. The third-order valence-electron chi connectivity index (χ3n) is 6.46. The van der Waals surface area contributed by atoms with Gasteiger partial charge in [0.15, 0.2) is 6.61 Å². The van der Waals surface area contributed by atoms with E-state index in [1.165, 1.54) is 17.7 Å². The van der Waals surface area contributed by atoms with E-state index >= 15 is 0 Å². The molecule has 1 N–H and O–H groups in total. The van der Waals surface area contributed by atoms with E-state index in [0.717, 1.165) is 44.5 Å². The van der Waals surface area contributed by atoms with E-state index in [-0.39, 0.29) is 36.6 Å². The van der Waals surface area contributed by atoms with E-state index in [4.69, 9.17) is 4.74 Å². The number of amides is 3. The van der Waals surface area contributed by atoms with Crippen LogP contribution in [0.1, 0.15) is 44.9 Å². The molecule has 2 aliphatic heterocycles. The van der Waals surface area contributed by atoms with Crippen molar-refractivity contribution < 1.29 is 23.9 Å². The molecule has 3 fully saturated rings. The Morgan fingerprint density at radius 1 is 0.935 bits per heavy atom. The Morgan fingerprint density at radius 2 is 1.55 bits per heavy atom. The van der Waals surface area contributed by atoms with Gasteiger partial charge in [-0.15, -0.1) is 0 Å². The van der Waals surface area contributed by atoms with Gasteiger partial charge >= 0.3 is 5.97 Å². The first-order valence-corrected chi connectivity index (χ1v) is 11.2. The molecule has 0 unspecified atom stereocenters. The zero-order valence-corrected chi connectivity index (χ0v) is 17.7. The summed E-state index contributed by atoms with van der Waals surface area (Å²) in [7, 11) is 0. The summed E-state index contributed by atoms with van der Waals surface area (Å²) in [5.41, 5.74) is 1.77. The molecule has 3 aliphatic rings. The quantitative estimate of drug-likeness (QED) is 0.530. The van der Waals surface area contributed by atoms with Crippen LogP contribution >= 0.6 is 0 Å². The van der Waals surface area contributed by atoms with E-state index < -0.39 is 18.5 Å². The Hall–Kier alpha value is -2.90. The van der Waals surface area contributed by atoms with Crippen LogP contribution in [0.2, 0.25) is 0 Å². The fraction of sp³-hybridized carbons (Fsp3) is 0.565. The number of carbonyl (C=O) groups is 4. The molecule has 166 valence electrons. The summed E-state index contributed by atoms with van der Waals surface area (Å²) >= 11 is 0. The number of hydrogen-bond donors (Lipinski definition) is 1. The van der Waals surface area contributed by atoms with Crippen molar-refractivity contribution in [1.82, 2.24) is 4.90 Å². The predicted octanol–water partition coefficient (Wildman–Crippen LogP) is 2.33. The van der Waals surface area contributed by atoms with Gasteiger partial charge in [0.1, 0.15) is 0 Å². The maximum Gasteiger partial charge on any atom is 0.308 e. The molecule has 1 aromatic rings. The molecule has 1 aromatic carbocycles. The maximum atomic E-state index is 12.4. The first kappa shape index (κ1) is 21.3. The smallest absolute Gasteiger partial charge is 0.308 e. The number of fused-ring (bicyclic) bond motifs is 1. The van der Waals surface area contributed by atoms with Crippen LogP contribution in [-0.4, -0.2) is 54.8 Å². The number of carbonyl (C=O) groups excluding carboxylic acids is 4. The number of benzene rings is 1. The van der Waals surface area contributed by atoms with Crippen LogP contribution in [0.4, 0.5) is 11.4 Å². The molecule has 0 aromatic heterocycles. The molecule has 0 spiro atoms. The lowest BCUT2D eigenvalue weighted by molar-refractivity contribution is -0.148. The second kappa shape index (κ2) is 9.49. The zero-order valence-electron chi connectivity index (χ0n) is 17.7. The third kappa shape index (κ3) is 4.89. The Balaban J connectivity index is 1.19. The number of anilines is 2. The molecule has 3 amide bonds. The zero-order chi connectivity index (χ0) is 21.8. The second-order valence-electron chi connectivity index (χ2n) is 8.53. The summed E-state index contributed by atoms with van der Waals surface area (Å²) in [4.78, 5) is 52.4. The van der Waals surface area contributed by atoms with E-state index in [1.54, 1.807) is 0 Å². The van der Waals surface area contributed by atoms with Crippen molar-refractivity contribution in [3.63, 3.8) is 0 Å². The lowest BCUT2D eigenvalue weighted by atomic mass is 9.81. The first-order chi connectivity index (χ1) is 15.0. The molecule has 0 bridgehead atoms. The molecular formula is C23H29N3O5. The standard InChI is InChI=1S/C23H29N3O5/c27-20(24-16-7-9-17(10-8-16)25-12-3-4-13-25)15-31-21(28)11-14-26-22(29)18-5-1-2-6-19(18)23(26)30/h7-10,18-19H,1-6,11-15H2,(H,24,27)/t18-,19-/m0/s1. The number of nitrogens with zero attached hydrogens (tertiary/aromatic N) is 2. The van der Waals surface area contributed by atoms with Crippen molar-refractivity contribution in [2.45, 2.75) is 44.9 Å². The topological polar surface area (TPSA) is 96.0 Å². The molecule has 2 saturated heterocycles. The summed E-state index contributed by atoms with van der Waals surface area (Å²) in [6, 6.07) is 7.60. The van der Waals surface area contributed by atoms with Crippen molar-refractivity contribution in [2.24, 2.45) is 11.8 Å². The van der Waals surface area contributed by atoms with Crippen LogP contribution in [0, 0.1) is 11.8 Å². The number of hydrogen-bond acceptors (Lipinski definition) is 6. The largest absolute Gasteiger partial charge is 0.456 e. The Kier molecular flexibility index (Phi) is 6.53. The number of nitrogens with one attached hydrogen (secondary N) is 1. The van der Waals surface area contributed by atoms with Gasteiger partial charge in [-0.3, -0.25) is 24.1 Å². The Morgan fingerprint density at radius 3 is 2.16 bits per heavy atom. The first-order valence-electron chi connectivity index (χ1n) is 11.2. The van der Waals surface area contributed by atoms with Gasteiger partial charge in [-0.1, -0.05) is 12.8 Å². The molecule has 0 radical (unpaired) electrons. The lowest BCUT2D eigenvalue weighted by Crippen LogP contribution is -2.33. The SMILES string of the molecule is O=C(COC(=O)CCN1C(=O)[C@H]2CCCC[C@@H]2C1=O)Nc1ccc(N2CCCC2)cc1. The molecule has 1 aliphatic carbocycles. The highest BCUT2D eigenvalue weighted by atomic mass is 16.5. The van der Waals surface area contributed by atoms with Gasteiger partial charge in [0, 0.05) is 31.0 Å². The number of rotatable bonds is 7. The summed E-state index contributed by atoms with van der Waals surface area (Å²) < 4.78 is 5.02. The summed E-state index contributed by atoms with van der Waals surface area (Å²) in [6.07, 6.45) is 5.72. The molecule has 8 heteroatoms. The van der Waals surface area contributed by atoms with Gasteiger partial charge in [0.2, 0.25) is 11.8 Å². The van der Waals surface area contributed by atoms with E-state index in [2.05, 4.69) is 10.2 Å². The van der Waals surface area contributed by atoms with Crippen LogP contribution in [-0.2, 0) is 23.9 Å². The van der Waals surface area contributed by atoms with Crippen molar-refractivity contribution in [3.8, 4) is 0 Å². The van der Waals surface area contributed by atoms with Crippen molar-refractivity contribution in [1.29, 1.82) is 0 Å². The summed E-state index contributed by atoms with van der Waals surface area (Å²) in [5, 5.41) is 2.71. The number of esters is 1. The Labute approximate surface area is 181 Å². The van der Waals surface area contributed by atoms with Gasteiger partial charge < -0.3 is 15.0 Å². The van der Waals surface area contributed by atoms with Gasteiger partial charge in [-0.05, 0) is 49.9 Å². The average Bonchev–Trinajstić information content (AvgIpc) is 3.40. The molecule has 31 heavy (non-hydrogen) atoms. The maximum absolute atomic E-state index is 12.4. The Bertz CT molecular complexity index is 823. The molecule has 4 rings (SSSR count). The second-order valence-corrected chi connectivity index (χ2v) is 8.53. The van der Waals surface area contributed by atoms with Crippen molar-refractivity contribution >= 4 is 35.1 Å². The molecule has 2 heterocycles. The third-order valence-corrected chi connectivity index (χ3v) is 6.46. The highest BCUT2D eigenvalue weighted by Gasteiger charge is 2.47. The van der Waals surface area contributed by atoms with Crippen LogP contribution in [0.15, 0.2) is 24.3 Å². The normalized spacial score (nSPS) is 23.1. The van der Waals surface area contributed by atoms with Crippen LogP contribution < -0.4 is 10.2 Å². The van der Waals surface area contributed by atoms with Crippen molar-refractivity contribution in [2.75, 3.05) is 36.5 Å². The molecule has 8 nitrogen and oxygen atoms in total. The molecule has 2 atom stereocenters. The fourth-order valence-corrected chi connectivity index (χ4v) is 4.80. The van der Waals surface area contributed by atoms with Gasteiger partial charge in [-0.2, -0.15) is 0 Å². The van der Waals surface area contributed by atoms with Gasteiger partial charge in [0.25, 0.3) is 5.91 Å². The van der Waals surface area contributed by atoms with E-state index in [1.807, 2.05) is 24.3 Å². The highest BCUT2D eigenvalue weighted by molar-refractivity contribution is 6.05.